The van der Waals surface area contributed by atoms with Crippen molar-refractivity contribution in [1.82, 2.24) is 19.7 Å². The van der Waals surface area contributed by atoms with Gasteiger partial charge in [0.1, 0.15) is 6.33 Å². The van der Waals surface area contributed by atoms with E-state index in [0.29, 0.717) is 17.5 Å². The largest absolute Gasteiger partial charge is 0.298 e. The lowest BCUT2D eigenvalue weighted by Gasteiger charge is -2.13. The molecule has 2 aromatic heterocycles. The van der Waals surface area contributed by atoms with Crippen LogP contribution < -0.4 is 0 Å². The SMILES string of the molecule is O=C1Cc2ccc(Cl)cc2C1c1ncnc2c1cnn2C1CCCC1. The molecule has 1 aromatic carbocycles. The Balaban J connectivity index is 1.67. The maximum atomic E-state index is 12.7. The van der Waals surface area contributed by atoms with Crippen molar-refractivity contribution in [3.8, 4) is 0 Å². The van der Waals surface area contributed by atoms with Crippen LogP contribution >= 0.6 is 11.6 Å². The summed E-state index contributed by atoms with van der Waals surface area (Å²) in [6, 6.07) is 6.07. The molecule has 2 heterocycles. The Morgan fingerprint density at radius 1 is 1.16 bits per heavy atom. The number of carbonyl (C=O) groups excluding carboxylic acids is 1. The molecule has 6 heteroatoms. The first kappa shape index (κ1) is 15.0. The van der Waals surface area contributed by atoms with E-state index in [0.717, 1.165) is 40.7 Å². The smallest absolute Gasteiger partial charge is 0.161 e. The average molecular weight is 353 g/mol. The number of fused-ring (bicyclic) bond motifs is 2. The fourth-order valence-corrected chi connectivity index (χ4v) is 4.47. The van der Waals surface area contributed by atoms with Crippen molar-refractivity contribution in [1.29, 1.82) is 0 Å². The molecule has 2 aliphatic carbocycles. The van der Waals surface area contributed by atoms with Gasteiger partial charge < -0.3 is 0 Å². The molecule has 0 saturated heterocycles. The number of aromatic nitrogens is 4. The molecule has 1 saturated carbocycles. The number of nitrogens with zero attached hydrogens (tertiary/aromatic N) is 4. The summed E-state index contributed by atoms with van der Waals surface area (Å²) in [4.78, 5) is 21.7. The molecule has 0 radical (unpaired) electrons. The minimum Gasteiger partial charge on any atom is -0.298 e. The highest BCUT2D eigenvalue weighted by molar-refractivity contribution is 6.30. The van der Waals surface area contributed by atoms with E-state index in [2.05, 4.69) is 15.1 Å². The number of Topliss-reactive ketones (excluding diaryl/α,β-unsaturated/α-hetero) is 1. The van der Waals surface area contributed by atoms with Crippen LogP contribution in [0.15, 0.2) is 30.7 Å². The van der Waals surface area contributed by atoms with Crippen LogP contribution in [0.2, 0.25) is 5.02 Å². The standard InChI is InChI=1S/C19H17ClN4O/c20-12-6-5-11-7-16(25)17(14(11)8-12)18-15-9-23-24(13-3-1-2-4-13)19(15)22-10-21-18/h5-6,8-10,13,17H,1-4,7H2. The number of benzene rings is 1. The van der Waals surface area contributed by atoms with Crippen LogP contribution in [0, 0.1) is 0 Å². The van der Waals surface area contributed by atoms with Crippen molar-refractivity contribution in [3.05, 3.63) is 52.6 Å². The van der Waals surface area contributed by atoms with Crippen molar-refractivity contribution < 1.29 is 4.79 Å². The summed E-state index contributed by atoms with van der Waals surface area (Å²) >= 11 is 6.17. The molecule has 1 unspecified atom stereocenters. The van der Waals surface area contributed by atoms with Crippen LogP contribution in [0.25, 0.3) is 11.0 Å². The van der Waals surface area contributed by atoms with Gasteiger partial charge in [-0.1, -0.05) is 30.5 Å². The normalized spacial score (nSPS) is 20.5. The zero-order valence-electron chi connectivity index (χ0n) is 13.7. The van der Waals surface area contributed by atoms with Crippen LogP contribution in [0.5, 0.6) is 0 Å². The van der Waals surface area contributed by atoms with Crippen molar-refractivity contribution in [2.75, 3.05) is 0 Å². The summed E-state index contributed by atoms with van der Waals surface area (Å²) < 4.78 is 2.02. The molecule has 25 heavy (non-hydrogen) atoms. The highest BCUT2D eigenvalue weighted by Gasteiger charge is 2.35. The number of hydrogen-bond acceptors (Lipinski definition) is 4. The van der Waals surface area contributed by atoms with E-state index in [9.17, 15) is 4.79 Å². The van der Waals surface area contributed by atoms with Crippen molar-refractivity contribution in [3.63, 3.8) is 0 Å². The second-order valence-electron chi connectivity index (χ2n) is 6.94. The number of carbonyl (C=O) groups is 1. The first-order valence-corrected chi connectivity index (χ1v) is 9.09. The Morgan fingerprint density at radius 3 is 2.84 bits per heavy atom. The lowest BCUT2D eigenvalue weighted by Crippen LogP contribution is -2.11. The van der Waals surface area contributed by atoms with Crippen molar-refractivity contribution in [2.24, 2.45) is 0 Å². The molecule has 1 fully saturated rings. The predicted molar refractivity (Wildman–Crippen MR) is 94.8 cm³/mol. The summed E-state index contributed by atoms with van der Waals surface area (Å²) in [6.45, 7) is 0. The van der Waals surface area contributed by atoms with E-state index in [1.807, 2.05) is 29.1 Å². The molecule has 2 aliphatic rings. The predicted octanol–water partition coefficient (Wildman–Crippen LogP) is 3.85. The second kappa shape index (κ2) is 5.63. The van der Waals surface area contributed by atoms with Crippen LogP contribution in [0.3, 0.4) is 0 Å². The average Bonchev–Trinajstić information content (AvgIpc) is 3.31. The van der Waals surface area contributed by atoms with Crippen LogP contribution in [-0.4, -0.2) is 25.5 Å². The first-order valence-electron chi connectivity index (χ1n) is 8.71. The molecule has 0 bridgehead atoms. The Kier molecular flexibility index (Phi) is 3.38. The molecule has 0 N–H and O–H groups in total. The fraction of sp³-hybridized carbons (Fsp3) is 0.368. The van der Waals surface area contributed by atoms with Gasteiger partial charge in [0.05, 0.1) is 29.2 Å². The van der Waals surface area contributed by atoms with Gasteiger partial charge in [0, 0.05) is 11.4 Å². The lowest BCUT2D eigenvalue weighted by atomic mass is 9.95. The quantitative estimate of drug-likeness (QED) is 0.702. The summed E-state index contributed by atoms with van der Waals surface area (Å²) in [7, 11) is 0. The molecule has 1 atom stereocenters. The molecular weight excluding hydrogens is 336 g/mol. The molecule has 0 spiro atoms. The maximum absolute atomic E-state index is 12.7. The number of rotatable bonds is 2. The highest BCUT2D eigenvalue weighted by atomic mass is 35.5. The molecule has 5 rings (SSSR count). The maximum Gasteiger partial charge on any atom is 0.161 e. The van der Waals surface area contributed by atoms with Crippen LogP contribution in [0.4, 0.5) is 0 Å². The zero-order chi connectivity index (χ0) is 17.0. The minimum absolute atomic E-state index is 0.158. The third-order valence-electron chi connectivity index (χ3n) is 5.47. The Hall–Kier alpha value is -2.27. The molecule has 126 valence electrons. The number of ketones is 1. The minimum atomic E-state index is -0.375. The van der Waals surface area contributed by atoms with E-state index < -0.39 is 0 Å². The summed E-state index contributed by atoms with van der Waals surface area (Å²) in [5.74, 6) is -0.216. The van der Waals surface area contributed by atoms with Gasteiger partial charge in [0.25, 0.3) is 0 Å². The van der Waals surface area contributed by atoms with E-state index in [1.54, 1.807) is 6.33 Å². The Bertz CT molecular complexity index is 990. The second-order valence-corrected chi connectivity index (χ2v) is 7.38. The van der Waals surface area contributed by atoms with Gasteiger partial charge in [0.2, 0.25) is 0 Å². The van der Waals surface area contributed by atoms with Gasteiger partial charge in [-0.3, -0.25) is 4.79 Å². The first-order chi connectivity index (χ1) is 12.2. The van der Waals surface area contributed by atoms with Gasteiger partial charge >= 0.3 is 0 Å². The highest BCUT2D eigenvalue weighted by Crippen LogP contribution is 2.39. The fourth-order valence-electron chi connectivity index (χ4n) is 4.29. The number of halogens is 1. The third-order valence-corrected chi connectivity index (χ3v) is 5.71. The van der Waals surface area contributed by atoms with Crippen LogP contribution in [0.1, 0.15) is 54.5 Å². The Labute approximate surface area is 150 Å². The van der Waals surface area contributed by atoms with Gasteiger partial charge in [-0.15, -0.1) is 0 Å². The van der Waals surface area contributed by atoms with Gasteiger partial charge in [-0.2, -0.15) is 5.10 Å². The van der Waals surface area contributed by atoms with E-state index in [4.69, 9.17) is 11.6 Å². The van der Waals surface area contributed by atoms with Gasteiger partial charge in [0.15, 0.2) is 11.4 Å². The van der Waals surface area contributed by atoms with E-state index in [1.165, 1.54) is 12.8 Å². The lowest BCUT2D eigenvalue weighted by molar-refractivity contribution is -0.118. The molecule has 0 amide bonds. The molecular formula is C19H17ClN4O. The van der Waals surface area contributed by atoms with Gasteiger partial charge in [-0.25, -0.2) is 14.6 Å². The zero-order valence-corrected chi connectivity index (χ0v) is 14.4. The summed E-state index contributed by atoms with van der Waals surface area (Å²) in [5.41, 5.74) is 3.58. The molecule has 0 aliphatic heterocycles. The third kappa shape index (κ3) is 2.29. The molecule has 5 nitrogen and oxygen atoms in total. The van der Waals surface area contributed by atoms with Gasteiger partial charge in [-0.05, 0) is 36.1 Å². The molecule has 3 aromatic rings. The van der Waals surface area contributed by atoms with E-state index in [-0.39, 0.29) is 11.7 Å². The van der Waals surface area contributed by atoms with Crippen molar-refractivity contribution in [2.45, 2.75) is 44.1 Å². The summed E-state index contributed by atoms with van der Waals surface area (Å²) in [5, 5.41) is 6.10. The van der Waals surface area contributed by atoms with Crippen molar-refractivity contribution >= 4 is 28.4 Å². The topological polar surface area (TPSA) is 60.7 Å². The number of hydrogen-bond donors (Lipinski definition) is 0. The summed E-state index contributed by atoms with van der Waals surface area (Å²) in [6.07, 6.45) is 8.54. The Morgan fingerprint density at radius 2 is 2.00 bits per heavy atom. The monoisotopic (exact) mass is 352 g/mol. The van der Waals surface area contributed by atoms with E-state index >= 15 is 0 Å². The van der Waals surface area contributed by atoms with Crippen LogP contribution in [-0.2, 0) is 11.2 Å².